The van der Waals surface area contributed by atoms with E-state index in [-0.39, 0.29) is 18.5 Å². The van der Waals surface area contributed by atoms with Gasteiger partial charge in [0.1, 0.15) is 12.6 Å². The molecule has 0 spiro atoms. The first-order chi connectivity index (χ1) is 15.5. The number of piperidine rings is 1. The van der Waals surface area contributed by atoms with E-state index in [0.717, 1.165) is 43.7 Å². The van der Waals surface area contributed by atoms with E-state index in [4.69, 9.17) is 4.74 Å². The van der Waals surface area contributed by atoms with Crippen molar-refractivity contribution in [1.82, 2.24) is 10.6 Å². The molecule has 1 amide bonds. The molecule has 0 radical (unpaired) electrons. The average molecular weight is 464 g/mol. The summed E-state index contributed by atoms with van der Waals surface area (Å²) >= 11 is 1.49. The molecule has 3 N–H and O–H groups in total. The van der Waals surface area contributed by atoms with Crippen LogP contribution in [0.1, 0.15) is 39.0 Å². The summed E-state index contributed by atoms with van der Waals surface area (Å²) in [5.41, 5.74) is 0.591. The van der Waals surface area contributed by atoms with Gasteiger partial charge in [-0.25, -0.2) is 0 Å². The Morgan fingerprint density at radius 3 is 2.78 bits per heavy atom. The Morgan fingerprint density at radius 1 is 1.31 bits per heavy atom. The lowest BCUT2D eigenvalue weighted by Gasteiger charge is -2.27. The van der Waals surface area contributed by atoms with E-state index in [1.807, 2.05) is 12.1 Å². The molecule has 0 saturated carbocycles. The number of carbonyl (C=O) groups excluding carboxylic acids is 2. The first-order valence-corrected chi connectivity index (χ1v) is 12.4. The van der Waals surface area contributed by atoms with Gasteiger partial charge in [-0.2, -0.15) is 0 Å². The Hall–Kier alpha value is -2.10. The zero-order valence-electron chi connectivity index (χ0n) is 18.5. The maximum absolute atomic E-state index is 13.3. The summed E-state index contributed by atoms with van der Waals surface area (Å²) in [6.07, 6.45) is 4.80. The molecule has 2 atom stereocenters. The molecule has 2 aliphatic heterocycles. The first-order valence-electron chi connectivity index (χ1n) is 11.4. The second-order valence-corrected chi connectivity index (χ2v) is 9.31. The molecule has 0 unspecified atom stereocenters. The van der Waals surface area contributed by atoms with Gasteiger partial charge in [-0.05, 0) is 57.3 Å². The van der Waals surface area contributed by atoms with Crippen LogP contribution in [0.25, 0.3) is 0 Å². The van der Waals surface area contributed by atoms with Crippen molar-refractivity contribution in [3.05, 3.63) is 24.3 Å². The lowest BCUT2D eigenvalue weighted by atomic mass is 9.91. The molecular formula is C23H33N3O5S. The van der Waals surface area contributed by atoms with E-state index in [1.165, 1.54) is 16.7 Å². The number of aliphatic carboxylic acids is 1. The largest absolute Gasteiger partial charge is 0.480 e. The van der Waals surface area contributed by atoms with Crippen molar-refractivity contribution in [2.75, 3.05) is 36.9 Å². The fourth-order valence-electron chi connectivity index (χ4n) is 4.31. The number of carboxylic acids is 1. The van der Waals surface area contributed by atoms with E-state index in [2.05, 4.69) is 10.6 Å². The van der Waals surface area contributed by atoms with Crippen LogP contribution >= 0.6 is 11.8 Å². The zero-order valence-corrected chi connectivity index (χ0v) is 19.4. The number of hydrogen-bond acceptors (Lipinski definition) is 7. The van der Waals surface area contributed by atoms with Gasteiger partial charge in [0.15, 0.2) is 0 Å². The number of esters is 1. The van der Waals surface area contributed by atoms with Crippen molar-refractivity contribution in [3.63, 3.8) is 0 Å². The van der Waals surface area contributed by atoms with Crippen molar-refractivity contribution in [3.8, 4) is 0 Å². The summed E-state index contributed by atoms with van der Waals surface area (Å²) in [6.45, 7) is 3.70. The van der Waals surface area contributed by atoms with Crippen molar-refractivity contribution in [2.45, 2.75) is 56.0 Å². The lowest BCUT2D eigenvalue weighted by molar-refractivity contribution is -0.146. The number of anilines is 1. The number of para-hydroxylation sites is 1. The molecule has 3 rings (SSSR count). The summed E-state index contributed by atoms with van der Waals surface area (Å²) in [5.74, 6) is -0.701. The van der Waals surface area contributed by atoms with Crippen LogP contribution in [0.5, 0.6) is 0 Å². The minimum absolute atomic E-state index is 0.273. The number of ether oxygens (including phenoxy) is 1. The van der Waals surface area contributed by atoms with Crippen LogP contribution in [0.3, 0.4) is 0 Å². The second-order valence-electron chi connectivity index (χ2n) is 8.25. The molecule has 1 aromatic rings. The molecule has 176 valence electrons. The fraction of sp³-hybridized carbons (Fsp3) is 0.609. The molecule has 2 heterocycles. The van der Waals surface area contributed by atoms with Gasteiger partial charge in [0, 0.05) is 10.6 Å². The van der Waals surface area contributed by atoms with Gasteiger partial charge < -0.3 is 15.2 Å². The Balaban J connectivity index is 1.70. The Morgan fingerprint density at radius 2 is 2.06 bits per heavy atom. The van der Waals surface area contributed by atoms with E-state index < -0.39 is 24.6 Å². The topological polar surface area (TPSA) is 108 Å². The van der Waals surface area contributed by atoms with Crippen LogP contribution in [0, 0.1) is 5.92 Å². The number of carbonyl (C=O) groups is 3. The summed E-state index contributed by atoms with van der Waals surface area (Å²) in [7, 11) is 0. The molecule has 1 saturated heterocycles. The predicted molar refractivity (Wildman–Crippen MR) is 124 cm³/mol. The van der Waals surface area contributed by atoms with Crippen molar-refractivity contribution >= 4 is 35.3 Å². The quantitative estimate of drug-likeness (QED) is 0.454. The van der Waals surface area contributed by atoms with Crippen molar-refractivity contribution < 1.29 is 24.2 Å². The molecule has 8 nitrogen and oxygen atoms in total. The van der Waals surface area contributed by atoms with Crippen LogP contribution in [-0.4, -0.2) is 67.0 Å². The number of nitrogens with zero attached hydrogens (tertiary/aromatic N) is 1. The van der Waals surface area contributed by atoms with Crippen LogP contribution in [0.2, 0.25) is 0 Å². The molecule has 32 heavy (non-hydrogen) atoms. The smallest absolute Gasteiger partial charge is 0.323 e. The summed E-state index contributed by atoms with van der Waals surface area (Å²) < 4.78 is 5.27. The van der Waals surface area contributed by atoms with E-state index in [9.17, 15) is 19.5 Å². The highest BCUT2D eigenvalue weighted by atomic mass is 32.2. The number of benzene rings is 1. The Kier molecular flexibility index (Phi) is 9.37. The average Bonchev–Trinajstić information content (AvgIpc) is 2.91. The summed E-state index contributed by atoms with van der Waals surface area (Å²) in [4.78, 5) is 39.6. The molecule has 1 aromatic carbocycles. The van der Waals surface area contributed by atoms with E-state index in [0.29, 0.717) is 23.8 Å². The molecule has 1 fully saturated rings. The fourth-order valence-corrected chi connectivity index (χ4v) is 5.39. The molecule has 0 aliphatic carbocycles. The third-order valence-corrected chi connectivity index (χ3v) is 7.11. The van der Waals surface area contributed by atoms with Crippen molar-refractivity contribution in [2.24, 2.45) is 5.92 Å². The van der Waals surface area contributed by atoms with E-state index in [1.54, 1.807) is 19.1 Å². The predicted octanol–water partition coefficient (Wildman–Crippen LogP) is 2.27. The highest BCUT2D eigenvalue weighted by Crippen LogP contribution is 2.34. The van der Waals surface area contributed by atoms with Gasteiger partial charge in [-0.15, -0.1) is 11.8 Å². The van der Waals surface area contributed by atoms with Gasteiger partial charge >= 0.3 is 11.9 Å². The third-order valence-electron chi connectivity index (χ3n) is 5.96. The van der Waals surface area contributed by atoms with Crippen LogP contribution in [0.15, 0.2) is 29.2 Å². The molecule has 0 aromatic heterocycles. The molecule has 2 aliphatic rings. The molecular weight excluding hydrogens is 430 g/mol. The standard InChI is InChI=1S/C23H33N3O5S/c1-2-31-23(30)17(7-5-6-16-10-12-24-13-11-16)25-18-15-32-20-9-4-3-8-19(20)26(22(18)29)14-21(27)28/h3-4,8-9,16-18,24-25H,2,5-7,10-15H2,1H3,(H,27,28)/t17-,18-/m0/s1. The lowest BCUT2D eigenvalue weighted by Crippen LogP contribution is -2.54. The number of fused-ring (bicyclic) bond motifs is 1. The van der Waals surface area contributed by atoms with Crippen LogP contribution < -0.4 is 15.5 Å². The maximum atomic E-state index is 13.3. The van der Waals surface area contributed by atoms with E-state index >= 15 is 0 Å². The number of hydrogen-bond donors (Lipinski definition) is 3. The van der Waals surface area contributed by atoms with Gasteiger partial charge in [0.25, 0.3) is 0 Å². The second kappa shape index (κ2) is 12.2. The van der Waals surface area contributed by atoms with Gasteiger partial charge in [-0.1, -0.05) is 25.0 Å². The number of carboxylic acid groups (broad SMARTS) is 1. The number of rotatable bonds is 10. The number of nitrogens with one attached hydrogen (secondary N) is 2. The Bertz CT molecular complexity index is 800. The SMILES string of the molecule is CCOC(=O)[C@H](CCCC1CCNCC1)N[C@H]1CSc2ccccc2N(CC(=O)O)C1=O. The number of amides is 1. The highest BCUT2D eigenvalue weighted by molar-refractivity contribution is 7.99. The Labute approximate surface area is 193 Å². The van der Waals surface area contributed by atoms with Gasteiger partial charge in [-0.3, -0.25) is 24.6 Å². The minimum Gasteiger partial charge on any atom is -0.480 e. The van der Waals surface area contributed by atoms with Gasteiger partial charge in [0.2, 0.25) is 5.91 Å². The zero-order chi connectivity index (χ0) is 22.9. The molecule has 0 bridgehead atoms. The molecule has 9 heteroatoms. The third kappa shape index (κ3) is 6.70. The minimum atomic E-state index is -1.08. The first kappa shape index (κ1) is 24.5. The van der Waals surface area contributed by atoms with Gasteiger partial charge in [0.05, 0.1) is 18.3 Å². The summed E-state index contributed by atoms with van der Waals surface area (Å²) in [6, 6.07) is 6.02. The maximum Gasteiger partial charge on any atom is 0.323 e. The van der Waals surface area contributed by atoms with Crippen LogP contribution in [-0.2, 0) is 19.1 Å². The number of thioether (sulfide) groups is 1. The van der Waals surface area contributed by atoms with Crippen LogP contribution in [0.4, 0.5) is 5.69 Å². The highest BCUT2D eigenvalue weighted by Gasteiger charge is 2.35. The van der Waals surface area contributed by atoms with Crippen molar-refractivity contribution in [1.29, 1.82) is 0 Å². The normalized spacial score (nSPS) is 20.3. The monoisotopic (exact) mass is 463 g/mol. The summed E-state index contributed by atoms with van der Waals surface area (Å²) in [5, 5.41) is 15.9.